The third kappa shape index (κ3) is 3.28. The molecule has 4 aromatic rings. The van der Waals surface area contributed by atoms with Gasteiger partial charge in [-0.05, 0) is 43.5 Å². The molecule has 4 rings (SSSR count). The second-order valence-electron chi connectivity index (χ2n) is 7.23. The maximum atomic E-state index is 15.0. The van der Waals surface area contributed by atoms with E-state index in [1.807, 2.05) is 61.6 Å². The number of fused-ring (bicyclic) bond motifs is 1. The molecule has 30 heavy (non-hydrogen) atoms. The van der Waals surface area contributed by atoms with E-state index in [4.69, 9.17) is 4.74 Å². The van der Waals surface area contributed by atoms with Crippen LogP contribution in [0.3, 0.4) is 0 Å². The third-order valence-corrected chi connectivity index (χ3v) is 5.30. The number of imidazole rings is 1. The van der Waals surface area contributed by atoms with Crippen molar-refractivity contribution in [3.63, 3.8) is 0 Å². The molecule has 0 amide bonds. The number of para-hydroxylation sites is 1. The van der Waals surface area contributed by atoms with Crippen LogP contribution in [0.4, 0.5) is 20.3 Å². The minimum atomic E-state index is -0.724. The number of anilines is 2. The van der Waals surface area contributed by atoms with Gasteiger partial charge in [0.15, 0.2) is 0 Å². The van der Waals surface area contributed by atoms with Gasteiger partial charge in [0.1, 0.15) is 34.5 Å². The zero-order chi connectivity index (χ0) is 21.4. The summed E-state index contributed by atoms with van der Waals surface area (Å²) < 4.78 is 36.9. The average molecular weight is 407 g/mol. The minimum Gasteiger partial charge on any atom is -0.497 e. The Hall–Kier alpha value is -3.41. The first-order valence-corrected chi connectivity index (χ1v) is 9.81. The molecule has 2 heterocycles. The molecule has 0 atom stereocenters. The first kappa shape index (κ1) is 19.9. The van der Waals surface area contributed by atoms with E-state index in [0.29, 0.717) is 11.5 Å². The molecule has 0 aliphatic heterocycles. The van der Waals surface area contributed by atoms with E-state index < -0.39 is 11.6 Å². The maximum absolute atomic E-state index is 15.0. The van der Waals surface area contributed by atoms with Crippen LogP contribution in [0.1, 0.15) is 23.7 Å². The molecule has 0 radical (unpaired) electrons. The maximum Gasteiger partial charge on any atom is 0.143 e. The molecule has 0 spiro atoms. The summed E-state index contributed by atoms with van der Waals surface area (Å²) in [7, 11) is 1.38. The zero-order valence-electron chi connectivity index (χ0n) is 17.4. The Balaban J connectivity index is 2.03. The topological polar surface area (TPSA) is 38.6 Å². The summed E-state index contributed by atoms with van der Waals surface area (Å²) in [6.07, 6.45) is 0.738. The molecule has 2 aromatic heterocycles. The molecule has 0 saturated heterocycles. The van der Waals surface area contributed by atoms with Gasteiger partial charge < -0.3 is 10.1 Å². The van der Waals surface area contributed by atoms with Crippen LogP contribution in [-0.2, 0) is 6.42 Å². The molecule has 0 aliphatic rings. The molecule has 0 aliphatic carbocycles. The zero-order valence-corrected chi connectivity index (χ0v) is 17.4. The fourth-order valence-electron chi connectivity index (χ4n) is 3.75. The van der Waals surface area contributed by atoms with Crippen molar-refractivity contribution in [1.29, 1.82) is 0 Å². The van der Waals surface area contributed by atoms with Crippen LogP contribution < -0.4 is 10.1 Å². The van der Waals surface area contributed by atoms with Crippen molar-refractivity contribution >= 4 is 17.2 Å². The van der Waals surface area contributed by atoms with Gasteiger partial charge >= 0.3 is 0 Å². The fraction of sp³-hybridized carbons (Fsp3) is 0.208. The first-order valence-electron chi connectivity index (χ1n) is 9.81. The summed E-state index contributed by atoms with van der Waals surface area (Å²) in [6.45, 7) is 6.02. The lowest BCUT2D eigenvalue weighted by atomic mass is 10.1. The molecule has 6 heteroatoms. The third-order valence-electron chi connectivity index (χ3n) is 5.30. The number of nitrogens with one attached hydrogen (secondary N) is 1. The summed E-state index contributed by atoms with van der Waals surface area (Å²) >= 11 is 0. The van der Waals surface area contributed by atoms with Crippen molar-refractivity contribution in [2.75, 3.05) is 12.4 Å². The van der Waals surface area contributed by atoms with Gasteiger partial charge in [0, 0.05) is 23.5 Å². The number of hydrogen-bond acceptors (Lipinski definition) is 3. The Labute approximate surface area is 174 Å². The largest absolute Gasteiger partial charge is 0.497 e. The molecule has 0 bridgehead atoms. The van der Waals surface area contributed by atoms with E-state index in [1.54, 1.807) is 0 Å². The molecule has 0 unspecified atom stereocenters. The number of aromatic nitrogens is 2. The highest BCUT2D eigenvalue weighted by molar-refractivity contribution is 5.82. The van der Waals surface area contributed by atoms with Crippen LogP contribution in [-0.4, -0.2) is 16.5 Å². The predicted octanol–water partition coefficient (Wildman–Crippen LogP) is 6.21. The quantitative estimate of drug-likeness (QED) is 0.427. The number of benzene rings is 2. The molecular weight excluding hydrogens is 384 g/mol. The molecule has 1 N–H and O–H groups in total. The highest BCUT2D eigenvalue weighted by atomic mass is 19.1. The summed E-state index contributed by atoms with van der Waals surface area (Å²) in [5.41, 5.74) is 4.58. The summed E-state index contributed by atoms with van der Waals surface area (Å²) in [6, 6.07) is 14.0. The molecule has 154 valence electrons. The van der Waals surface area contributed by atoms with Gasteiger partial charge in [0.25, 0.3) is 0 Å². The van der Waals surface area contributed by atoms with Crippen molar-refractivity contribution in [1.82, 2.24) is 9.38 Å². The van der Waals surface area contributed by atoms with Gasteiger partial charge in [-0.25, -0.2) is 13.8 Å². The number of methoxy groups -OCH3 is 1. The number of nitrogens with zero attached hydrogens (tertiary/aromatic N) is 2. The molecule has 0 fully saturated rings. The Morgan fingerprint density at radius 2 is 1.63 bits per heavy atom. The standard InChI is InChI=1S/C24H23F2N3O/c1-5-16-10-7-11-20-27-23(21-18(25)12-17(30-4)13-19(21)26)24(29(16)20)28-22-14(2)8-6-9-15(22)3/h6-13,28H,5H2,1-4H3. The highest BCUT2D eigenvalue weighted by Crippen LogP contribution is 2.37. The van der Waals surface area contributed by atoms with Gasteiger partial charge in [-0.1, -0.05) is 31.2 Å². The van der Waals surface area contributed by atoms with Gasteiger partial charge in [0.05, 0.1) is 12.7 Å². The Bertz CT molecular complexity index is 1200. The van der Waals surface area contributed by atoms with Crippen LogP contribution in [0, 0.1) is 25.5 Å². The Kier molecular flexibility index (Phi) is 5.16. The summed E-state index contributed by atoms with van der Waals surface area (Å²) in [4.78, 5) is 4.60. The summed E-state index contributed by atoms with van der Waals surface area (Å²) in [5.74, 6) is -0.797. The van der Waals surface area contributed by atoms with E-state index in [2.05, 4.69) is 10.3 Å². The van der Waals surface area contributed by atoms with E-state index in [-0.39, 0.29) is 17.0 Å². The Morgan fingerprint density at radius 3 is 2.23 bits per heavy atom. The summed E-state index contributed by atoms with van der Waals surface area (Å²) in [5, 5.41) is 3.42. The number of aryl methyl sites for hydroxylation is 3. The van der Waals surface area contributed by atoms with Crippen molar-refractivity contribution in [2.24, 2.45) is 0 Å². The van der Waals surface area contributed by atoms with Gasteiger partial charge in [-0.3, -0.25) is 4.40 Å². The van der Waals surface area contributed by atoms with Crippen LogP contribution >= 0.6 is 0 Å². The van der Waals surface area contributed by atoms with Crippen molar-refractivity contribution in [3.05, 3.63) is 77.0 Å². The minimum absolute atomic E-state index is 0.121. The van der Waals surface area contributed by atoms with Crippen LogP contribution in [0.2, 0.25) is 0 Å². The van der Waals surface area contributed by atoms with E-state index in [0.717, 1.165) is 28.9 Å². The molecular formula is C24H23F2N3O. The van der Waals surface area contributed by atoms with Crippen LogP contribution in [0.25, 0.3) is 16.9 Å². The lowest BCUT2D eigenvalue weighted by molar-refractivity contribution is 0.407. The van der Waals surface area contributed by atoms with E-state index in [9.17, 15) is 8.78 Å². The van der Waals surface area contributed by atoms with Gasteiger partial charge in [0.2, 0.25) is 0 Å². The van der Waals surface area contributed by atoms with E-state index in [1.165, 1.54) is 19.2 Å². The van der Waals surface area contributed by atoms with Gasteiger partial charge in [-0.2, -0.15) is 0 Å². The number of hydrogen-bond donors (Lipinski definition) is 1. The lowest BCUT2D eigenvalue weighted by Gasteiger charge is -2.16. The van der Waals surface area contributed by atoms with E-state index >= 15 is 0 Å². The smallest absolute Gasteiger partial charge is 0.143 e. The van der Waals surface area contributed by atoms with Crippen LogP contribution in [0.5, 0.6) is 5.75 Å². The fourth-order valence-corrected chi connectivity index (χ4v) is 3.75. The number of ether oxygens (including phenoxy) is 1. The predicted molar refractivity (Wildman–Crippen MR) is 116 cm³/mol. The Morgan fingerprint density at radius 1 is 1.00 bits per heavy atom. The molecule has 4 nitrogen and oxygen atoms in total. The second-order valence-corrected chi connectivity index (χ2v) is 7.23. The number of pyridine rings is 1. The van der Waals surface area contributed by atoms with Crippen molar-refractivity contribution in [2.45, 2.75) is 27.2 Å². The van der Waals surface area contributed by atoms with Crippen molar-refractivity contribution in [3.8, 4) is 17.0 Å². The lowest BCUT2D eigenvalue weighted by Crippen LogP contribution is -2.04. The second kappa shape index (κ2) is 7.78. The normalized spacial score (nSPS) is 11.1. The number of halogens is 2. The average Bonchev–Trinajstić information content (AvgIpc) is 3.08. The monoisotopic (exact) mass is 407 g/mol. The van der Waals surface area contributed by atoms with Crippen molar-refractivity contribution < 1.29 is 13.5 Å². The molecule has 0 saturated carbocycles. The van der Waals surface area contributed by atoms with Gasteiger partial charge in [-0.15, -0.1) is 0 Å². The first-order chi connectivity index (χ1) is 14.4. The molecule has 2 aromatic carbocycles. The highest BCUT2D eigenvalue weighted by Gasteiger charge is 2.23. The van der Waals surface area contributed by atoms with Crippen LogP contribution in [0.15, 0.2) is 48.5 Å². The SMILES string of the molecule is CCc1cccc2nc(-c3c(F)cc(OC)cc3F)c(Nc3c(C)cccc3C)n12. The number of rotatable bonds is 5.